The number of benzene rings is 1. The Balaban J connectivity index is 2.46. The van der Waals surface area contributed by atoms with Crippen molar-refractivity contribution in [3.05, 3.63) is 51.8 Å². The van der Waals surface area contributed by atoms with E-state index >= 15 is 0 Å². The summed E-state index contributed by atoms with van der Waals surface area (Å²) in [5.74, 6) is 0.459. The van der Waals surface area contributed by atoms with E-state index in [9.17, 15) is 4.79 Å². The number of anilines is 1. The Morgan fingerprint density at radius 2 is 1.63 bits per heavy atom. The third kappa shape index (κ3) is 4.88. The largest absolute Gasteiger partial charge is 0.493 e. The lowest BCUT2D eigenvalue weighted by atomic mass is 9.97. The standard InChI is InChI=1S/C23H32N2O2/c1-7-11-27-20-12-15(5)24-16(6)21(20)23(26)25-22-18(9-3)13-17(8-2)14-19(22)10-4/h12-14H,7-11H2,1-6H3,(H,25,26). The number of amides is 1. The molecule has 27 heavy (non-hydrogen) atoms. The molecule has 0 unspecified atom stereocenters. The minimum Gasteiger partial charge on any atom is -0.493 e. The molecule has 4 heteroatoms. The Morgan fingerprint density at radius 1 is 1.00 bits per heavy atom. The molecule has 0 atom stereocenters. The van der Waals surface area contributed by atoms with Gasteiger partial charge in [-0.1, -0.05) is 39.8 Å². The van der Waals surface area contributed by atoms with Gasteiger partial charge >= 0.3 is 0 Å². The maximum Gasteiger partial charge on any atom is 0.261 e. The van der Waals surface area contributed by atoms with E-state index in [1.54, 1.807) is 0 Å². The van der Waals surface area contributed by atoms with Crippen molar-refractivity contribution in [2.24, 2.45) is 0 Å². The van der Waals surface area contributed by atoms with Gasteiger partial charge in [0.1, 0.15) is 11.3 Å². The number of nitrogens with zero attached hydrogens (tertiary/aromatic N) is 1. The van der Waals surface area contributed by atoms with Crippen molar-refractivity contribution >= 4 is 11.6 Å². The summed E-state index contributed by atoms with van der Waals surface area (Å²) in [5.41, 5.74) is 6.66. The van der Waals surface area contributed by atoms with Crippen LogP contribution in [0.5, 0.6) is 5.75 Å². The van der Waals surface area contributed by atoms with Gasteiger partial charge in [0.25, 0.3) is 5.91 Å². The molecule has 2 rings (SSSR count). The summed E-state index contributed by atoms with van der Waals surface area (Å²) >= 11 is 0. The van der Waals surface area contributed by atoms with Crippen molar-refractivity contribution in [1.29, 1.82) is 0 Å². The molecule has 1 aromatic carbocycles. The van der Waals surface area contributed by atoms with Crippen LogP contribution < -0.4 is 10.1 Å². The van der Waals surface area contributed by atoms with Crippen LogP contribution in [0, 0.1) is 13.8 Å². The van der Waals surface area contributed by atoms with E-state index < -0.39 is 0 Å². The highest BCUT2D eigenvalue weighted by atomic mass is 16.5. The topological polar surface area (TPSA) is 51.2 Å². The van der Waals surface area contributed by atoms with E-state index in [1.807, 2.05) is 19.9 Å². The van der Waals surface area contributed by atoms with E-state index in [0.29, 0.717) is 23.6 Å². The minimum absolute atomic E-state index is 0.153. The van der Waals surface area contributed by atoms with Crippen LogP contribution in [0.2, 0.25) is 0 Å². The maximum atomic E-state index is 13.2. The second-order valence-corrected chi connectivity index (χ2v) is 6.87. The SMILES string of the molecule is CCCOc1cc(C)nc(C)c1C(=O)Nc1c(CC)cc(CC)cc1CC. The molecule has 0 radical (unpaired) electrons. The van der Waals surface area contributed by atoms with Crippen molar-refractivity contribution in [2.75, 3.05) is 11.9 Å². The quantitative estimate of drug-likeness (QED) is 0.676. The predicted molar refractivity (Wildman–Crippen MR) is 112 cm³/mol. The normalized spacial score (nSPS) is 10.7. The fraction of sp³-hybridized carbons (Fsp3) is 0.478. The number of hydrogen-bond donors (Lipinski definition) is 1. The Kier molecular flexibility index (Phi) is 7.40. The van der Waals surface area contributed by atoms with Gasteiger partial charge in [-0.25, -0.2) is 0 Å². The molecule has 0 saturated heterocycles. The van der Waals surface area contributed by atoms with Crippen molar-refractivity contribution in [3.8, 4) is 5.75 Å². The molecule has 1 N–H and O–H groups in total. The van der Waals surface area contributed by atoms with E-state index in [1.165, 1.54) is 16.7 Å². The van der Waals surface area contributed by atoms with Gasteiger partial charge < -0.3 is 10.1 Å². The Bertz CT molecular complexity index is 787. The van der Waals surface area contributed by atoms with Crippen LogP contribution in [0.1, 0.15) is 72.6 Å². The molecular weight excluding hydrogens is 336 g/mol. The molecule has 0 aliphatic rings. The van der Waals surface area contributed by atoms with Crippen LogP contribution in [0.25, 0.3) is 0 Å². The van der Waals surface area contributed by atoms with Crippen LogP contribution in [0.4, 0.5) is 5.69 Å². The number of aryl methyl sites for hydroxylation is 5. The van der Waals surface area contributed by atoms with Gasteiger partial charge in [0, 0.05) is 17.4 Å². The van der Waals surface area contributed by atoms with Gasteiger partial charge in [-0.15, -0.1) is 0 Å². The number of aromatic nitrogens is 1. The number of rotatable bonds is 8. The van der Waals surface area contributed by atoms with E-state index in [0.717, 1.165) is 37.1 Å². The number of pyridine rings is 1. The van der Waals surface area contributed by atoms with E-state index in [4.69, 9.17) is 4.74 Å². The first-order chi connectivity index (χ1) is 12.9. The second-order valence-electron chi connectivity index (χ2n) is 6.87. The summed E-state index contributed by atoms with van der Waals surface area (Å²) in [6.07, 6.45) is 3.63. The van der Waals surface area contributed by atoms with Gasteiger partial charge in [-0.3, -0.25) is 9.78 Å². The second kappa shape index (κ2) is 9.54. The Morgan fingerprint density at radius 3 is 2.15 bits per heavy atom. The minimum atomic E-state index is -0.153. The zero-order valence-corrected chi connectivity index (χ0v) is 17.5. The molecule has 1 aromatic heterocycles. The summed E-state index contributed by atoms with van der Waals surface area (Å²) < 4.78 is 5.86. The molecule has 146 valence electrons. The van der Waals surface area contributed by atoms with Crippen LogP contribution in [-0.4, -0.2) is 17.5 Å². The van der Waals surface area contributed by atoms with Crippen molar-refractivity contribution in [3.63, 3.8) is 0 Å². The Labute approximate surface area is 163 Å². The molecule has 1 heterocycles. The smallest absolute Gasteiger partial charge is 0.261 e. The molecule has 4 nitrogen and oxygen atoms in total. The molecule has 0 aliphatic heterocycles. The fourth-order valence-corrected chi connectivity index (χ4v) is 3.33. The molecule has 0 aliphatic carbocycles. The monoisotopic (exact) mass is 368 g/mol. The highest BCUT2D eigenvalue weighted by molar-refractivity contribution is 6.07. The van der Waals surface area contributed by atoms with Crippen molar-refractivity contribution in [1.82, 2.24) is 4.98 Å². The molecule has 0 spiro atoms. The van der Waals surface area contributed by atoms with Crippen LogP contribution in [-0.2, 0) is 19.3 Å². The van der Waals surface area contributed by atoms with Crippen LogP contribution in [0.15, 0.2) is 18.2 Å². The summed E-state index contributed by atoms with van der Waals surface area (Å²) in [4.78, 5) is 17.7. The first-order valence-corrected chi connectivity index (χ1v) is 10.0. The number of nitrogens with one attached hydrogen (secondary N) is 1. The number of hydrogen-bond acceptors (Lipinski definition) is 3. The van der Waals surface area contributed by atoms with Crippen molar-refractivity contribution in [2.45, 2.75) is 67.2 Å². The number of carbonyl (C=O) groups is 1. The summed E-state index contributed by atoms with van der Waals surface area (Å²) in [6.45, 7) is 12.8. The molecule has 0 bridgehead atoms. The zero-order valence-electron chi connectivity index (χ0n) is 17.5. The Hall–Kier alpha value is -2.36. The van der Waals surface area contributed by atoms with Gasteiger partial charge in [0.2, 0.25) is 0 Å². The summed E-state index contributed by atoms with van der Waals surface area (Å²) in [5, 5.41) is 3.17. The van der Waals surface area contributed by atoms with Gasteiger partial charge in [0.05, 0.1) is 12.3 Å². The molecule has 2 aromatic rings. The fourth-order valence-electron chi connectivity index (χ4n) is 3.33. The van der Waals surface area contributed by atoms with Crippen molar-refractivity contribution < 1.29 is 9.53 Å². The first-order valence-electron chi connectivity index (χ1n) is 10.0. The third-order valence-electron chi connectivity index (χ3n) is 4.75. The molecular formula is C23H32N2O2. The lowest BCUT2D eigenvalue weighted by Gasteiger charge is -2.18. The predicted octanol–water partition coefficient (Wildman–Crippen LogP) is 5.43. The van der Waals surface area contributed by atoms with E-state index in [2.05, 4.69) is 50.1 Å². The summed E-state index contributed by atoms with van der Waals surface area (Å²) in [7, 11) is 0. The third-order valence-corrected chi connectivity index (χ3v) is 4.75. The molecule has 0 saturated carbocycles. The van der Waals surface area contributed by atoms with Gasteiger partial charge in [-0.05, 0) is 56.2 Å². The zero-order chi connectivity index (χ0) is 20.0. The maximum absolute atomic E-state index is 13.2. The highest BCUT2D eigenvalue weighted by Crippen LogP contribution is 2.28. The van der Waals surface area contributed by atoms with Crippen LogP contribution >= 0.6 is 0 Å². The summed E-state index contributed by atoms with van der Waals surface area (Å²) in [6, 6.07) is 6.24. The lowest BCUT2D eigenvalue weighted by molar-refractivity contribution is 0.102. The number of carbonyl (C=O) groups excluding carboxylic acids is 1. The van der Waals surface area contributed by atoms with E-state index in [-0.39, 0.29) is 5.91 Å². The number of ether oxygens (including phenoxy) is 1. The van der Waals surface area contributed by atoms with Gasteiger partial charge in [0.15, 0.2) is 0 Å². The molecule has 1 amide bonds. The average molecular weight is 369 g/mol. The lowest BCUT2D eigenvalue weighted by Crippen LogP contribution is -2.19. The van der Waals surface area contributed by atoms with Gasteiger partial charge in [-0.2, -0.15) is 0 Å². The first kappa shape index (κ1) is 20.9. The average Bonchev–Trinajstić information content (AvgIpc) is 2.65. The highest BCUT2D eigenvalue weighted by Gasteiger charge is 2.20. The van der Waals surface area contributed by atoms with Crippen LogP contribution in [0.3, 0.4) is 0 Å². The molecule has 0 fully saturated rings.